The molecule has 2 aromatic carbocycles. The van der Waals surface area contributed by atoms with Crippen molar-refractivity contribution < 1.29 is 17.6 Å². The molecule has 1 atom stereocenters. The Balaban J connectivity index is 1.70. The molecule has 1 aliphatic heterocycles. The van der Waals surface area contributed by atoms with E-state index in [1.807, 2.05) is 6.92 Å². The summed E-state index contributed by atoms with van der Waals surface area (Å²) in [6, 6.07) is 9.03. The first kappa shape index (κ1) is 20.3. The quantitative estimate of drug-likeness (QED) is 0.708. The van der Waals surface area contributed by atoms with E-state index in [0.717, 1.165) is 24.1 Å². The van der Waals surface area contributed by atoms with Gasteiger partial charge in [0.25, 0.3) is 0 Å². The highest BCUT2D eigenvalue weighted by molar-refractivity contribution is 7.89. The summed E-state index contributed by atoms with van der Waals surface area (Å²) < 4.78 is 42.5. The Bertz CT molecular complexity index is 1070. The fraction of sp³-hybridized carbons (Fsp3) is 0.381. The van der Waals surface area contributed by atoms with Crippen LogP contribution in [0.5, 0.6) is 0 Å². The molecule has 1 unspecified atom stereocenters. The van der Waals surface area contributed by atoms with Crippen molar-refractivity contribution in [2.45, 2.75) is 56.6 Å². The van der Waals surface area contributed by atoms with Crippen LogP contribution in [-0.2, 0) is 27.8 Å². The van der Waals surface area contributed by atoms with E-state index in [2.05, 4.69) is 0 Å². The molecule has 0 aromatic heterocycles. The van der Waals surface area contributed by atoms with Gasteiger partial charge in [0.2, 0.25) is 15.9 Å². The number of hydrogen-bond donors (Lipinski definition) is 0. The van der Waals surface area contributed by atoms with Gasteiger partial charge in [-0.3, -0.25) is 4.79 Å². The van der Waals surface area contributed by atoms with E-state index in [1.54, 1.807) is 23.1 Å². The Morgan fingerprint density at radius 2 is 2.00 bits per heavy atom. The van der Waals surface area contributed by atoms with Crippen molar-refractivity contribution in [2.24, 2.45) is 0 Å². The zero-order chi connectivity index (χ0) is 20.9. The number of carbonyl (C=O) groups is 1. The molecule has 0 radical (unpaired) electrons. The Kier molecular flexibility index (Phi) is 5.17. The number of anilines is 1. The average Bonchev–Trinajstić information content (AvgIpc) is 3.41. The van der Waals surface area contributed by atoms with E-state index >= 15 is 0 Å². The van der Waals surface area contributed by atoms with E-state index in [9.17, 15) is 17.6 Å². The fourth-order valence-electron chi connectivity index (χ4n) is 4.00. The van der Waals surface area contributed by atoms with E-state index in [-0.39, 0.29) is 40.0 Å². The van der Waals surface area contributed by atoms with Crippen LogP contribution in [0, 0.1) is 5.82 Å². The molecule has 4 rings (SSSR count). The van der Waals surface area contributed by atoms with Crippen LogP contribution in [0.4, 0.5) is 10.1 Å². The number of carbonyl (C=O) groups excluding carboxylic acids is 1. The first-order valence-electron chi connectivity index (χ1n) is 9.57. The van der Waals surface area contributed by atoms with Crippen LogP contribution in [0.1, 0.15) is 37.8 Å². The molecule has 0 N–H and O–H groups in total. The summed E-state index contributed by atoms with van der Waals surface area (Å²) in [5, 5.41) is 0.214. The molecule has 1 fully saturated rings. The number of benzene rings is 2. The van der Waals surface area contributed by atoms with Crippen LogP contribution in [0.15, 0.2) is 41.3 Å². The number of amides is 1. The molecule has 2 aliphatic rings. The number of fused-ring (bicyclic) bond motifs is 1. The second-order valence-corrected chi connectivity index (χ2v) is 10.0. The standard InChI is InChI=1S/C21H22ClFN2O3S/c1-13-10-15-11-17(8-9-21(15)25(13)14(2)26)29(27,28)24(16-6-7-16)12-18-19(22)4-3-5-20(18)23/h3-5,8-9,11,13,16H,6-7,10,12H2,1-2H3. The highest BCUT2D eigenvalue weighted by Crippen LogP contribution is 2.38. The first-order chi connectivity index (χ1) is 13.7. The lowest BCUT2D eigenvalue weighted by Crippen LogP contribution is -2.33. The van der Waals surface area contributed by atoms with Gasteiger partial charge in [0.15, 0.2) is 0 Å². The smallest absolute Gasteiger partial charge is 0.243 e. The lowest BCUT2D eigenvalue weighted by Gasteiger charge is -2.24. The molecule has 1 amide bonds. The third-order valence-electron chi connectivity index (χ3n) is 5.54. The van der Waals surface area contributed by atoms with Gasteiger partial charge >= 0.3 is 0 Å². The SMILES string of the molecule is CC(=O)N1c2ccc(S(=O)(=O)N(Cc3c(F)cccc3Cl)C3CC3)cc2CC1C. The van der Waals surface area contributed by atoms with Crippen molar-refractivity contribution in [3.8, 4) is 0 Å². The van der Waals surface area contributed by atoms with Crippen LogP contribution < -0.4 is 4.90 Å². The summed E-state index contributed by atoms with van der Waals surface area (Å²) in [6.45, 7) is 3.33. The molecule has 0 saturated heterocycles. The van der Waals surface area contributed by atoms with Gasteiger partial charge in [-0.15, -0.1) is 0 Å². The maximum absolute atomic E-state index is 14.3. The summed E-state index contributed by atoms with van der Waals surface area (Å²) >= 11 is 6.13. The number of hydrogen-bond acceptors (Lipinski definition) is 3. The number of nitrogens with zero attached hydrogens (tertiary/aromatic N) is 2. The van der Waals surface area contributed by atoms with E-state index < -0.39 is 15.8 Å². The molecule has 154 valence electrons. The Morgan fingerprint density at radius 1 is 1.28 bits per heavy atom. The minimum Gasteiger partial charge on any atom is -0.309 e. The summed E-state index contributed by atoms with van der Waals surface area (Å²) in [6.07, 6.45) is 2.08. The van der Waals surface area contributed by atoms with Crippen LogP contribution in [-0.4, -0.2) is 30.7 Å². The molecule has 0 bridgehead atoms. The molecule has 8 heteroatoms. The highest BCUT2D eigenvalue weighted by atomic mass is 35.5. The van der Waals surface area contributed by atoms with E-state index in [0.29, 0.717) is 6.42 Å². The van der Waals surface area contributed by atoms with Crippen molar-refractivity contribution in [1.82, 2.24) is 4.31 Å². The van der Waals surface area contributed by atoms with Crippen molar-refractivity contribution in [3.63, 3.8) is 0 Å². The summed E-state index contributed by atoms with van der Waals surface area (Å²) in [4.78, 5) is 13.8. The predicted molar refractivity (Wildman–Crippen MR) is 110 cm³/mol. The number of rotatable bonds is 5. The third kappa shape index (κ3) is 3.67. The fourth-order valence-corrected chi connectivity index (χ4v) is 5.92. The lowest BCUT2D eigenvalue weighted by atomic mass is 10.1. The van der Waals surface area contributed by atoms with Crippen molar-refractivity contribution >= 4 is 33.2 Å². The normalized spacial score (nSPS) is 18.9. The molecule has 2 aromatic rings. The van der Waals surface area contributed by atoms with Gasteiger partial charge in [-0.2, -0.15) is 4.31 Å². The van der Waals surface area contributed by atoms with E-state index in [1.165, 1.54) is 29.4 Å². The Morgan fingerprint density at radius 3 is 2.62 bits per heavy atom. The van der Waals surface area contributed by atoms with Crippen molar-refractivity contribution in [1.29, 1.82) is 0 Å². The van der Waals surface area contributed by atoms with Gasteiger partial charge in [-0.25, -0.2) is 12.8 Å². The maximum atomic E-state index is 14.3. The molecular formula is C21H22ClFN2O3S. The van der Waals surface area contributed by atoms with Crippen LogP contribution >= 0.6 is 11.6 Å². The third-order valence-corrected chi connectivity index (χ3v) is 7.79. The van der Waals surface area contributed by atoms with Gasteiger partial charge in [-0.05, 0) is 62.1 Å². The van der Waals surface area contributed by atoms with Gasteiger partial charge in [0.1, 0.15) is 5.82 Å². The number of sulfonamides is 1. The highest BCUT2D eigenvalue weighted by Gasteiger charge is 2.39. The van der Waals surface area contributed by atoms with E-state index in [4.69, 9.17) is 11.6 Å². The van der Waals surface area contributed by atoms with Crippen molar-refractivity contribution in [2.75, 3.05) is 4.90 Å². The zero-order valence-electron chi connectivity index (χ0n) is 16.2. The molecule has 1 heterocycles. The van der Waals surface area contributed by atoms with Crippen molar-refractivity contribution in [3.05, 3.63) is 58.4 Å². The summed E-state index contributed by atoms with van der Waals surface area (Å²) in [5.41, 5.74) is 1.76. The molecule has 0 spiro atoms. The molecule has 29 heavy (non-hydrogen) atoms. The first-order valence-corrected chi connectivity index (χ1v) is 11.4. The molecule has 5 nitrogen and oxygen atoms in total. The maximum Gasteiger partial charge on any atom is 0.243 e. The van der Waals surface area contributed by atoms with Crippen LogP contribution in [0.25, 0.3) is 0 Å². The lowest BCUT2D eigenvalue weighted by molar-refractivity contribution is -0.116. The minimum absolute atomic E-state index is 0.0165. The van der Waals surface area contributed by atoms with Crippen LogP contribution in [0.3, 0.4) is 0 Å². The van der Waals surface area contributed by atoms with Crippen LogP contribution in [0.2, 0.25) is 5.02 Å². The van der Waals surface area contributed by atoms with Gasteiger partial charge < -0.3 is 4.90 Å². The van der Waals surface area contributed by atoms with Gasteiger partial charge in [0, 0.05) is 41.8 Å². The Hall–Kier alpha value is -1.96. The van der Waals surface area contributed by atoms with Gasteiger partial charge in [0.05, 0.1) is 4.90 Å². The Labute approximate surface area is 175 Å². The zero-order valence-corrected chi connectivity index (χ0v) is 17.8. The molecular weight excluding hydrogens is 415 g/mol. The summed E-state index contributed by atoms with van der Waals surface area (Å²) in [7, 11) is -3.84. The monoisotopic (exact) mass is 436 g/mol. The minimum atomic E-state index is -3.84. The second kappa shape index (κ2) is 7.38. The second-order valence-electron chi connectivity index (χ2n) is 7.71. The van der Waals surface area contributed by atoms with Gasteiger partial charge in [-0.1, -0.05) is 17.7 Å². The average molecular weight is 437 g/mol. The number of halogens is 2. The largest absolute Gasteiger partial charge is 0.309 e. The molecule has 1 aliphatic carbocycles. The summed E-state index contributed by atoms with van der Waals surface area (Å²) in [5.74, 6) is -0.584. The molecule has 1 saturated carbocycles. The predicted octanol–water partition coefficient (Wildman–Crippen LogP) is 4.13. The topological polar surface area (TPSA) is 57.7 Å².